The summed E-state index contributed by atoms with van der Waals surface area (Å²) < 4.78 is 7.36. The Labute approximate surface area is 127 Å². The van der Waals surface area contributed by atoms with Gasteiger partial charge in [0.1, 0.15) is 17.5 Å². The second kappa shape index (κ2) is 6.04. The fraction of sp³-hybridized carbons (Fsp3) is 0.357. The molecule has 0 aliphatic rings. The van der Waals surface area contributed by atoms with Crippen LogP contribution in [0.25, 0.3) is 0 Å². The Morgan fingerprint density at radius 2 is 2.10 bits per heavy atom. The highest BCUT2D eigenvalue weighted by atomic mass is 35.5. The first-order chi connectivity index (χ1) is 9.40. The molecule has 0 spiro atoms. The molecule has 1 atom stereocenters. The summed E-state index contributed by atoms with van der Waals surface area (Å²) in [7, 11) is 1.78. The lowest BCUT2D eigenvalue weighted by molar-refractivity contribution is 0.190. The molecule has 2 aromatic rings. The molecule has 0 radical (unpaired) electrons. The Bertz CT molecular complexity index is 624. The molecule has 108 valence electrons. The number of ether oxygens (including phenoxy) is 1. The highest BCUT2D eigenvalue weighted by Gasteiger charge is 2.14. The molecule has 1 aromatic heterocycles. The van der Waals surface area contributed by atoms with Gasteiger partial charge in [-0.05, 0) is 32.0 Å². The van der Waals surface area contributed by atoms with E-state index >= 15 is 0 Å². The second-order valence-corrected chi connectivity index (χ2v) is 5.42. The summed E-state index contributed by atoms with van der Waals surface area (Å²) in [5, 5.41) is 15.1. The maximum absolute atomic E-state index is 9.76. The van der Waals surface area contributed by atoms with Gasteiger partial charge in [-0.1, -0.05) is 23.2 Å². The van der Waals surface area contributed by atoms with Crippen LogP contribution < -0.4 is 4.74 Å². The Morgan fingerprint density at radius 1 is 1.40 bits per heavy atom. The fourth-order valence-electron chi connectivity index (χ4n) is 1.97. The van der Waals surface area contributed by atoms with E-state index in [1.807, 2.05) is 6.92 Å². The molecule has 0 fully saturated rings. The van der Waals surface area contributed by atoms with Gasteiger partial charge in [-0.15, -0.1) is 0 Å². The van der Waals surface area contributed by atoms with E-state index in [1.165, 1.54) is 0 Å². The molecule has 6 heteroatoms. The van der Waals surface area contributed by atoms with Gasteiger partial charge >= 0.3 is 0 Å². The summed E-state index contributed by atoms with van der Waals surface area (Å²) in [6.07, 6.45) is -0.658. The van der Waals surface area contributed by atoms with Gasteiger partial charge in [0.25, 0.3) is 0 Å². The van der Waals surface area contributed by atoms with Crippen LogP contribution in [0.2, 0.25) is 10.2 Å². The van der Waals surface area contributed by atoms with Crippen molar-refractivity contribution in [3.05, 3.63) is 45.2 Å². The number of aromatic nitrogens is 2. The van der Waals surface area contributed by atoms with E-state index in [0.717, 1.165) is 11.3 Å². The first-order valence-corrected chi connectivity index (χ1v) is 6.94. The van der Waals surface area contributed by atoms with Crippen molar-refractivity contribution in [1.82, 2.24) is 9.78 Å². The molecule has 0 aliphatic heterocycles. The van der Waals surface area contributed by atoms with Crippen LogP contribution in [0.4, 0.5) is 0 Å². The summed E-state index contributed by atoms with van der Waals surface area (Å²) in [5.41, 5.74) is 2.31. The lowest BCUT2D eigenvalue weighted by Crippen LogP contribution is -2.02. The van der Waals surface area contributed by atoms with Crippen LogP contribution in [-0.2, 0) is 13.7 Å². The number of hydrogen-bond acceptors (Lipinski definition) is 3. The lowest BCUT2D eigenvalue weighted by atomic mass is 10.1. The molecule has 1 aromatic carbocycles. The molecule has 1 N–H and O–H groups in total. The minimum atomic E-state index is -0.658. The van der Waals surface area contributed by atoms with Gasteiger partial charge in [0.2, 0.25) is 0 Å². The van der Waals surface area contributed by atoms with Crippen molar-refractivity contribution in [2.24, 2.45) is 7.05 Å². The predicted molar refractivity (Wildman–Crippen MR) is 79.4 cm³/mol. The number of aryl methyl sites for hydroxylation is 2. The van der Waals surface area contributed by atoms with Crippen LogP contribution in [0.1, 0.15) is 29.8 Å². The maximum atomic E-state index is 9.76. The van der Waals surface area contributed by atoms with Crippen LogP contribution in [0.5, 0.6) is 5.75 Å². The number of nitrogens with zero attached hydrogens (tertiary/aromatic N) is 2. The van der Waals surface area contributed by atoms with Crippen molar-refractivity contribution >= 4 is 23.2 Å². The molecule has 0 unspecified atom stereocenters. The number of aliphatic hydroxyl groups excluding tert-OH is 1. The molecule has 0 amide bonds. The zero-order chi connectivity index (χ0) is 14.9. The number of aliphatic hydroxyl groups is 1. The summed E-state index contributed by atoms with van der Waals surface area (Å²) in [4.78, 5) is 0. The van der Waals surface area contributed by atoms with Gasteiger partial charge < -0.3 is 9.84 Å². The monoisotopic (exact) mass is 314 g/mol. The summed E-state index contributed by atoms with van der Waals surface area (Å²) >= 11 is 12.1. The highest BCUT2D eigenvalue weighted by Crippen LogP contribution is 2.30. The second-order valence-electron chi connectivity index (χ2n) is 4.63. The maximum Gasteiger partial charge on any atom is 0.133 e. The number of benzene rings is 1. The molecule has 0 saturated carbocycles. The molecule has 4 nitrogen and oxygen atoms in total. The van der Waals surface area contributed by atoms with Crippen molar-refractivity contribution < 1.29 is 9.84 Å². The molecular weight excluding hydrogens is 299 g/mol. The number of halogens is 2. The molecule has 0 saturated heterocycles. The van der Waals surface area contributed by atoms with Gasteiger partial charge in [-0.3, -0.25) is 4.68 Å². The lowest BCUT2D eigenvalue weighted by Gasteiger charge is -2.13. The van der Waals surface area contributed by atoms with Crippen molar-refractivity contribution in [1.29, 1.82) is 0 Å². The smallest absolute Gasteiger partial charge is 0.133 e. The molecule has 0 bridgehead atoms. The standard InChI is InChI=1S/C14H16Cl2N2O2/c1-8-12(14(16)18(3)17-8)7-20-13-5-4-10(15)6-11(13)9(2)19/h4-6,9,19H,7H2,1-3H3/t9-/m0/s1. The third-order valence-corrected chi connectivity index (χ3v) is 3.77. The predicted octanol–water partition coefficient (Wildman–Crippen LogP) is 3.67. The zero-order valence-corrected chi connectivity index (χ0v) is 13.0. The quantitative estimate of drug-likeness (QED) is 0.936. The van der Waals surface area contributed by atoms with Gasteiger partial charge in [0, 0.05) is 23.2 Å². The molecular formula is C14H16Cl2N2O2. The molecule has 2 rings (SSSR count). The van der Waals surface area contributed by atoms with E-state index in [9.17, 15) is 5.11 Å². The minimum absolute atomic E-state index is 0.292. The summed E-state index contributed by atoms with van der Waals surface area (Å²) in [5.74, 6) is 0.587. The van der Waals surface area contributed by atoms with E-state index in [2.05, 4.69) is 5.10 Å². The Kier molecular flexibility index (Phi) is 4.58. The average molecular weight is 315 g/mol. The third kappa shape index (κ3) is 3.08. The van der Waals surface area contributed by atoms with Crippen molar-refractivity contribution in [2.75, 3.05) is 0 Å². The van der Waals surface area contributed by atoms with Crippen molar-refractivity contribution in [3.8, 4) is 5.75 Å². The van der Waals surface area contributed by atoms with Gasteiger partial charge in [-0.2, -0.15) is 5.10 Å². The van der Waals surface area contributed by atoms with E-state index in [0.29, 0.717) is 28.1 Å². The van der Waals surface area contributed by atoms with E-state index in [-0.39, 0.29) is 0 Å². The van der Waals surface area contributed by atoms with Gasteiger partial charge in [-0.25, -0.2) is 0 Å². The third-order valence-electron chi connectivity index (χ3n) is 3.06. The van der Waals surface area contributed by atoms with Crippen LogP contribution in [0.15, 0.2) is 18.2 Å². The van der Waals surface area contributed by atoms with Crippen LogP contribution >= 0.6 is 23.2 Å². The minimum Gasteiger partial charge on any atom is -0.488 e. The van der Waals surface area contributed by atoms with Gasteiger partial charge in [0.05, 0.1) is 11.8 Å². The average Bonchev–Trinajstić information content (AvgIpc) is 2.62. The molecule has 1 heterocycles. The fourth-order valence-corrected chi connectivity index (χ4v) is 2.37. The largest absolute Gasteiger partial charge is 0.488 e. The summed E-state index contributed by atoms with van der Waals surface area (Å²) in [6, 6.07) is 5.16. The first-order valence-electron chi connectivity index (χ1n) is 6.18. The SMILES string of the molecule is Cc1nn(C)c(Cl)c1COc1ccc(Cl)cc1[C@H](C)O. The molecule has 20 heavy (non-hydrogen) atoms. The highest BCUT2D eigenvalue weighted by molar-refractivity contribution is 6.30. The Morgan fingerprint density at radius 3 is 2.65 bits per heavy atom. The van der Waals surface area contributed by atoms with Crippen molar-refractivity contribution in [3.63, 3.8) is 0 Å². The zero-order valence-electron chi connectivity index (χ0n) is 11.5. The molecule has 0 aliphatic carbocycles. The first kappa shape index (κ1) is 15.2. The number of hydrogen-bond donors (Lipinski definition) is 1. The van der Waals surface area contributed by atoms with Gasteiger partial charge in [0.15, 0.2) is 0 Å². The van der Waals surface area contributed by atoms with E-state index in [4.69, 9.17) is 27.9 Å². The van der Waals surface area contributed by atoms with Crippen LogP contribution in [0, 0.1) is 6.92 Å². The number of rotatable bonds is 4. The Balaban J connectivity index is 2.23. The van der Waals surface area contributed by atoms with E-state index in [1.54, 1.807) is 36.9 Å². The topological polar surface area (TPSA) is 47.3 Å². The van der Waals surface area contributed by atoms with Crippen molar-refractivity contribution in [2.45, 2.75) is 26.6 Å². The summed E-state index contributed by atoms with van der Waals surface area (Å²) in [6.45, 7) is 3.84. The van der Waals surface area contributed by atoms with Crippen LogP contribution in [-0.4, -0.2) is 14.9 Å². The normalized spacial score (nSPS) is 12.5. The Hall–Kier alpha value is -1.23. The van der Waals surface area contributed by atoms with E-state index < -0.39 is 6.10 Å². The van der Waals surface area contributed by atoms with Crippen LogP contribution in [0.3, 0.4) is 0 Å².